The predicted octanol–water partition coefficient (Wildman–Crippen LogP) is -1.90. The third-order valence-electron chi connectivity index (χ3n) is 18.2. The number of aryl methyl sites for hydroxylation is 1. The largest absolute Gasteiger partial charge is 0.391 e. The Labute approximate surface area is 614 Å². The third kappa shape index (κ3) is 23.2. The summed E-state index contributed by atoms with van der Waals surface area (Å²) in [5.41, 5.74) is 33.7. The number of rotatable bonds is 27. The number of aliphatic hydroxyl groups excluding tert-OH is 2. The zero-order valence-corrected chi connectivity index (χ0v) is 61.1. The zero-order chi connectivity index (χ0) is 78.2. The molecule has 34 heteroatoms. The number of likely N-dealkylation sites (N-methyl/N-ethyl adjacent to an activating group) is 1. The summed E-state index contributed by atoms with van der Waals surface area (Å²) >= 11 is 0. The van der Waals surface area contributed by atoms with Crippen LogP contribution in [0.4, 0.5) is 20.6 Å². The summed E-state index contributed by atoms with van der Waals surface area (Å²) in [6.07, 6.45) is -2.98. The molecule has 0 saturated carbocycles. The maximum Gasteiger partial charge on any atom is 0.333 e. The van der Waals surface area contributed by atoms with Crippen LogP contribution in [0.15, 0.2) is 66.7 Å². The average Bonchev–Trinajstić information content (AvgIpc) is 1.61. The van der Waals surface area contributed by atoms with Gasteiger partial charge in [-0.2, -0.15) is 0 Å². The van der Waals surface area contributed by atoms with Crippen molar-refractivity contribution in [1.82, 2.24) is 63.1 Å². The van der Waals surface area contributed by atoms with E-state index in [2.05, 4.69) is 68.4 Å². The van der Waals surface area contributed by atoms with E-state index in [0.717, 1.165) is 30.1 Å². The number of hydrogen-bond acceptors (Lipinski definition) is 20. The molecule has 33 nitrogen and oxygen atoms in total. The van der Waals surface area contributed by atoms with E-state index < -0.39 is 150 Å². The molecular formula is C72H104FN19O14. The highest BCUT2D eigenvalue weighted by atomic mass is 19.1. The highest BCUT2D eigenvalue weighted by Gasteiger charge is 2.40. The van der Waals surface area contributed by atoms with E-state index in [4.69, 9.17) is 28.7 Å². The second kappa shape index (κ2) is 40.4. The van der Waals surface area contributed by atoms with Gasteiger partial charge < -0.3 is 107 Å². The lowest BCUT2D eigenvalue weighted by Gasteiger charge is -2.28. The number of benzene rings is 3. The van der Waals surface area contributed by atoms with Crippen molar-refractivity contribution >= 4 is 94.0 Å². The number of halogens is 1. The lowest BCUT2D eigenvalue weighted by molar-refractivity contribution is -0.136. The maximum absolute atomic E-state index is 14.9. The molecule has 13 amide bonds. The van der Waals surface area contributed by atoms with E-state index >= 15 is 0 Å². The molecule has 1 saturated heterocycles. The van der Waals surface area contributed by atoms with Gasteiger partial charge >= 0.3 is 6.03 Å². The molecule has 0 bridgehead atoms. The van der Waals surface area contributed by atoms with Crippen molar-refractivity contribution in [2.24, 2.45) is 34.6 Å². The number of carbonyl (C=O) groups is 12. The molecule has 3 unspecified atom stereocenters. The van der Waals surface area contributed by atoms with Crippen LogP contribution in [0.25, 0.3) is 22.8 Å². The number of urea groups is 1. The molecule has 1 aromatic heterocycles. The minimum absolute atomic E-state index is 0.00832. The summed E-state index contributed by atoms with van der Waals surface area (Å²) in [4.78, 5) is 176. The fourth-order valence-corrected chi connectivity index (χ4v) is 12.1. The van der Waals surface area contributed by atoms with Crippen molar-refractivity contribution in [3.63, 3.8) is 0 Å². The smallest absolute Gasteiger partial charge is 0.333 e. The van der Waals surface area contributed by atoms with Crippen molar-refractivity contribution in [2.75, 3.05) is 69.1 Å². The van der Waals surface area contributed by atoms with Crippen LogP contribution in [0, 0.1) is 25.6 Å². The number of nitrogens with two attached hydrogens (primary N) is 5. The summed E-state index contributed by atoms with van der Waals surface area (Å²) in [5.74, 6) is -10.5. The van der Waals surface area contributed by atoms with Crippen molar-refractivity contribution in [3.8, 4) is 11.1 Å². The van der Waals surface area contributed by atoms with Gasteiger partial charge in [-0.15, -0.1) is 0 Å². The van der Waals surface area contributed by atoms with Gasteiger partial charge in [0.25, 0.3) is 11.8 Å². The Balaban J connectivity index is 1.30. The first-order valence-corrected chi connectivity index (χ1v) is 35.6. The number of nitrogens with one attached hydrogen (secondary N) is 12. The highest BCUT2D eigenvalue weighted by molar-refractivity contribution is 6.43. The van der Waals surface area contributed by atoms with E-state index in [1.54, 1.807) is 76.2 Å². The number of hydrogen-bond donors (Lipinski definition) is 19. The first-order valence-electron chi connectivity index (χ1n) is 35.6. The summed E-state index contributed by atoms with van der Waals surface area (Å²) in [6, 6.07) is 2.51. The van der Waals surface area contributed by atoms with E-state index in [0.29, 0.717) is 52.3 Å². The number of amides is 13. The summed E-state index contributed by atoms with van der Waals surface area (Å²) < 4.78 is 14.9. The van der Waals surface area contributed by atoms with Crippen LogP contribution in [0.1, 0.15) is 119 Å². The molecule has 24 N–H and O–H groups in total. The lowest BCUT2D eigenvalue weighted by Crippen LogP contribution is -2.61. The van der Waals surface area contributed by atoms with E-state index in [9.17, 15) is 72.1 Å². The fourth-order valence-electron chi connectivity index (χ4n) is 12.1. The summed E-state index contributed by atoms with van der Waals surface area (Å²) in [5, 5.41) is 49.6. The quantitative estimate of drug-likeness (QED) is 0.0290. The van der Waals surface area contributed by atoms with Gasteiger partial charge in [-0.1, -0.05) is 64.1 Å². The van der Waals surface area contributed by atoms with Gasteiger partial charge in [0.15, 0.2) is 0 Å². The zero-order valence-electron chi connectivity index (χ0n) is 61.1. The van der Waals surface area contributed by atoms with Crippen LogP contribution < -0.4 is 92.1 Å². The van der Waals surface area contributed by atoms with Gasteiger partial charge in [-0.05, 0) is 170 Å². The number of carbonyl (C=O) groups excluding carboxylic acids is 12. The monoisotopic (exact) mass is 1480 g/mol. The Bertz CT molecular complexity index is 3810. The number of anilines is 2. The number of imide groups is 1. The Morgan fingerprint density at radius 1 is 0.679 bits per heavy atom. The number of aromatic amines is 1. The SMILES string of the molecule is CCN(CC)CCNC(=O)c1c(C)[nH]c(/C=C2\C(=O)N(C(=O)Nc3ccc(-c4ccc(CC5NC(=O)C(CCN)NC(=O)C(NC(=O)[C@@H](CCN)NC(=O)[C@@H](N)[C@@H](C)O)CCNC(=O)[C@@H]([C@@H](C)O)NC(=O)[C@@H](CCN)NC(=O)[C@@H](CCN)NC(=O)[C@@H](CC(C)C)NC5=O)cc4)cc3)c3ccc(F)cc32)c1C. The minimum Gasteiger partial charge on any atom is -0.391 e. The van der Waals surface area contributed by atoms with Crippen LogP contribution in [-0.4, -0.2) is 217 Å². The van der Waals surface area contributed by atoms with Gasteiger partial charge in [-0.25, -0.2) is 14.1 Å². The van der Waals surface area contributed by atoms with Gasteiger partial charge in [0.1, 0.15) is 60.2 Å². The van der Waals surface area contributed by atoms with Crippen LogP contribution in [0.3, 0.4) is 0 Å². The van der Waals surface area contributed by atoms with Crippen LogP contribution in [0.2, 0.25) is 0 Å². The van der Waals surface area contributed by atoms with E-state index in [1.165, 1.54) is 26.0 Å². The molecule has 3 heterocycles. The van der Waals surface area contributed by atoms with Crippen LogP contribution in [0.5, 0.6) is 0 Å². The Kier molecular flexibility index (Phi) is 32.4. The van der Waals surface area contributed by atoms with E-state index in [-0.39, 0.29) is 99.0 Å². The molecule has 2 aliphatic rings. The molecule has 3 aromatic carbocycles. The molecule has 11 atom stereocenters. The van der Waals surface area contributed by atoms with Gasteiger partial charge in [-0.3, -0.25) is 52.7 Å². The number of aromatic nitrogens is 1. The van der Waals surface area contributed by atoms with Crippen LogP contribution >= 0.6 is 0 Å². The van der Waals surface area contributed by atoms with E-state index in [1.807, 2.05) is 13.8 Å². The molecule has 106 heavy (non-hydrogen) atoms. The average molecular weight is 1480 g/mol. The molecule has 0 spiro atoms. The number of H-pyrrole nitrogens is 1. The molecule has 6 rings (SSSR count). The molecule has 578 valence electrons. The Morgan fingerprint density at radius 3 is 1.76 bits per heavy atom. The Morgan fingerprint density at radius 2 is 1.22 bits per heavy atom. The summed E-state index contributed by atoms with van der Waals surface area (Å²) in [6.45, 7) is 15.1. The first kappa shape index (κ1) is 84.9. The molecule has 1 fully saturated rings. The lowest BCUT2D eigenvalue weighted by atomic mass is 9.98. The molecular weight excluding hydrogens is 1370 g/mol. The first-order chi connectivity index (χ1) is 50.4. The normalized spacial score (nSPS) is 21.1. The molecule has 0 aliphatic carbocycles. The number of aliphatic hydroxyl groups is 2. The standard InChI is InChI=1S/C72H104FN19O14/c1-9-91(10-2)32-31-80-68(102)58-38(5)54(81-39(58)6)36-48-47-35-45(73)17-20-57(47)92(71(48)105)72(106)82-46-18-15-44(16-19-46)43-13-11-42(12-14-43)34-56-67(101)88-55(33-37(3)4)66(100)85-49(21-26-74)61(95)84-52(24-29-77)65(99)90-60(41(8)94)70(104)79-30-25-53(64(98)83-50(22-27-75)63(97)89-56)86-62(96)51(23-28-76)87-69(103)59(78)40(7)93/h11-20,35-37,40-41,49-53,55-56,59-60,81,93-94H,9-10,21-34,74-78H2,1-8H3,(H,79,104)(H,80,102)(H,82,106)(H,83,98)(H,84,95)(H,85,100)(H,86,96)(H,87,103)(H,88,101)(H,89,97)(H,90,99)/b48-36-/t40-,41-,49-,50?,51-,52-,53?,55-,56?,59+,60-/m1/s1. The Hall–Kier alpha value is -10.1. The van der Waals surface area contributed by atoms with Crippen molar-refractivity contribution in [3.05, 3.63) is 106 Å². The highest BCUT2D eigenvalue weighted by Crippen LogP contribution is 2.39. The predicted molar refractivity (Wildman–Crippen MR) is 395 cm³/mol. The third-order valence-corrected chi connectivity index (χ3v) is 18.2. The number of nitrogens with zero attached hydrogens (tertiary/aromatic N) is 2. The summed E-state index contributed by atoms with van der Waals surface area (Å²) in [7, 11) is 0. The van der Waals surface area contributed by atoms with Crippen molar-refractivity contribution < 1.29 is 72.1 Å². The van der Waals surface area contributed by atoms with Crippen molar-refractivity contribution in [2.45, 2.75) is 167 Å². The second-order valence-electron chi connectivity index (χ2n) is 26.7. The number of fused-ring (bicyclic) bond motifs is 1. The maximum atomic E-state index is 14.9. The molecule has 4 aromatic rings. The van der Waals surface area contributed by atoms with Gasteiger partial charge in [0.05, 0.1) is 29.0 Å². The van der Waals surface area contributed by atoms with Crippen LogP contribution in [-0.2, 0) is 54.4 Å². The second-order valence-corrected chi connectivity index (χ2v) is 26.7. The van der Waals surface area contributed by atoms with Gasteiger partial charge in [0, 0.05) is 48.7 Å². The topological polar surface area (TPSA) is 530 Å². The molecule has 2 aliphatic heterocycles. The van der Waals surface area contributed by atoms with Crippen molar-refractivity contribution in [1.29, 1.82) is 0 Å². The molecule has 0 radical (unpaired) electrons. The fraction of sp³-hybridized carbons (Fsp3) is 0.500. The van der Waals surface area contributed by atoms with Gasteiger partial charge in [0.2, 0.25) is 53.2 Å². The minimum atomic E-state index is -1.69.